The number of benzene rings is 1. The van der Waals surface area contributed by atoms with E-state index in [-0.39, 0.29) is 18.1 Å². The summed E-state index contributed by atoms with van der Waals surface area (Å²) >= 11 is 3.29. The van der Waals surface area contributed by atoms with Crippen molar-refractivity contribution in [2.75, 3.05) is 0 Å². The Morgan fingerprint density at radius 1 is 1.53 bits per heavy atom. The fraction of sp³-hybridized carbons (Fsp3) is 0.273. The first kappa shape index (κ1) is 10.4. The van der Waals surface area contributed by atoms with Gasteiger partial charge in [0, 0.05) is 16.0 Å². The average Bonchev–Trinajstić information content (AvgIpc) is 2.44. The molecule has 78 valence electrons. The zero-order valence-corrected chi connectivity index (χ0v) is 9.45. The van der Waals surface area contributed by atoms with E-state index in [9.17, 15) is 9.59 Å². The van der Waals surface area contributed by atoms with Gasteiger partial charge in [0.1, 0.15) is 0 Å². The first-order valence-electron chi connectivity index (χ1n) is 4.62. The van der Waals surface area contributed by atoms with Crippen LogP contribution < -0.4 is 0 Å². The van der Waals surface area contributed by atoms with Crippen LogP contribution in [0.2, 0.25) is 0 Å². The van der Waals surface area contributed by atoms with E-state index in [0.717, 1.165) is 10.0 Å². The smallest absolute Gasteiger partial charge is 0.304 e. The summed E-state index contributed by atoms with van der Waals surface area (Å²) in [5.41, 5.74) is 1.62. The van der Waals surface area contributed by atoms with E-state index in [1.54, 1.807) is 6.07 Å². The van der Waals surface area contributed by atoms with E-state index in [0.29, 0.717) is 12.0 Å². The number of carboxylic acids is 1. The monoisotopic (exact) mass is 268 g/mol. The third-order valence-electron chi connectivity index (χ3n) is 2.60. The molecule has 0 fully saturated rings. The summed E-state index contributed by atoms with van der Waals surface area (Å²) in [5, 5.41) is 8.66. The number of carboxylic acid groups (broad SMARTS) is 1. The molecular formula is C11H9BrO3. The third kappa shape index (κ3) is 1.95. The maximum absolute atomic E-state index is 11.8. The summed E-state index contributed by atoms with van der Waals surface area (Å²) in [5.74, 6) is -1.35. The molecule has 1 aliphatic carbocycles. The van der Waals surface area contributed by atoms with Crippen molar-refractivity contribution in [3.8, 4) is 0 Å². The van der Waals surface area contributed by atoms with Gasteiger partial charge in [-0.3, -0.25) is 9.59 Å². The first-order valence-corrected chi connectivity index (χ1v) is 5.41. The standard InChI is InChI=1S/C11H9BrO3/c12-8-2-1-6-3-7(4-10(13)14)11(15)9(6)5-8/h1-2,5,7H,3-4H2,(H,13,14). The molecule has 3 nitrogen and oxygen atoms in total. The van der Waals surface area contributed by atoms with Crippen molar-refractivity contribution in [2.24, 2.45) is 5.92 Å². The molecular weight excluding hydrogens is 260 g/mol. The highest BCUT2D eigenvalue weighted by atomic mass is 79.9. The Balaban J connectivity index is 2.29. The number of rotatable bonds is 2. The molecule has 0 amide bonds. The van der Waals surface area contributed by atoms with Gasteiger partial charge in [0.05, 0.1) is 6.42 Å². The minimum atomic E-state index is -0.916. The van der Waals surface area contributed by atoms with Crippen LogP contribution in [0.5, 0.6) is 0 Å². The van der Waals surface area contributed by atoms with Crippen LogP contribution in [0.1, 0.15) is 22.3 Å². The van der Waals surface area contributed by atoms with E-state index in [2.05, 4.69) is 15.9 Å². The lowest BCUT2D eigenvalue weighted by atomic mass is 10.0. The number of halogens is 1. The maximum atomic E-state index is 11.8. The SMILES string of the molecule is O=C(O)CC1Cc2ccc(Br)cc2C1=O. The Kier molecular flexibility index (Phi) is 2.61. The molecule has 0 saturated carbocycles. The van der Waals surface area contributed by atoms with Crippen molar-refractivity contribution in [1.82, 2.24) is 0 Å². The summed E-state index contributed by atoms with van der Waals surface area (Å²) in [6.45, 7) is 0. The summed E-state index contributed by atoms with van der Waals surface area (Å²) in [6, 6.07) is 5.51. The fourth-order valence-electron chi connectivity index (χ4n) is 1.91. The number of carbonyl (C=O) groups is 2. The van der Waals surface area contributed by atoms with Gasteiger partial charge in [0.25, 0.3) is 0 Å². The molecule has 0 bridgehead atoms. The second-order valence-corrected chi connectivity index (χ2v) is 4.58. The van der Waals surface area contributed by atoms with E-state index in [4.69, 9.17) is 5.11 Å². The molecule has 1 N–H and O–H groups in total. The Morgan fingerprint density at radius 2 is 2.27 bits per heavy atom. The van der Waals surface area contributed by atoms with Crippen molar-refractivity contribution in [3.63, 3.8) is 0 Å². The summed E-state index contributed by atoms with van der Waals surface area (Å²) in [6.07, 6.45) is 0.471. The number of fused-ring (bicyclic) bond motifs is 1. The number of aliphatic carboxylic acids is 1. The van der Waals surface area contributed by atoms with Crippen molar-refractivity contribution >= 4 is 27.7 Å². The van der Waals surface area contributed by atoms with Crippen LogP contribution in [0.25, 0.3) is 0 Å². The molecule has 1 unspecified atom stereocenters. The van der Waals surface area contributed by atoms with Gasteiger partial charge in [-0.15, -0.1) is 0 Å². The summed E-state index contributed by atoms with van der Waals surface area (Å²) in [7, 11) is 0. The quantitative estimate of drug-likeness (QED) is 0.896. The van der Waals surface area contributed by atoms with E-state index < -0.39 is 5.97 Å². The Labute approximate surface area is 95.2 Å². The number of carbonyl (C=O) groups excluding carboxylic acids is 1. The minimum absolute atomic E-state index is 0.0475. The lowest BCUT2D eigenvalue weighted by Gasteiger charge is -2.01. The normalized spacial score (nSPS) is 19.0. The number of hydrogen-bond donors (Lipinski definition) is 1. The first-order chi connectivity index (χ1) is 7.08. The van der Waals surface area contributed by atoms with Crippen LogP contribution in [0, 0.1) is 5.92 Å². The van der Waals surface area contributed by atoms with E-state index >= 15 is 0 Å². The van der Waals surface area contributed by atoms with Gasteiger partial charge in [-0.1, -0.05) is 22.0 Å². The van der Waals surface area contributed by atoms with Gasteiger partial charge in [0.15, 0.2) is 5.78 Å². The second kappa shape index (κ2) is 3.77. The summed E-state index contributed by atoms with van der Waals surface area (Å²) in [4.78, 5) is 22.4. The third-order valence-corrected chi connectivity index (χ3v) is 3.09. The molecule has 2 rings (SSSR count). The van der Waals surface area contributed by atoms with Crippen LogP contribution in [0.3, 0.4) is 0 Å². The van der Waals surface area contributed by atoms with Crippen molar-refractivity contribution in [1.29, 1.82) is 0 Å². The predicted octanol–water partition coefficient (Wildman–Crippen LogP) is 2.28. The van der Waals surface area contributed by atoms with Crippen LogP contribution in [0.4, 0.5) is 0 Å². The highest BCUT2D eigenvalue weighted by molar-refractivity contribution is 9.10. The number of hydrogen-bond acceptors (Lipinski definition) is 2. The van der Waals surface area contributed by atoms with Crippen LogP contribution in [0.15, 0.2) is 22.7 Å². The maximum Gasteiger partial charge on any atom is 0.304 e. The van der Waals surface area contributed by atoms with Crippen LogP contribution in [-0.2, 0) is 11.2 Å². The second-order valence-electron chi connectivity index (χ2n) is 3.66. The molecule has 4 heteroatoms. The molecule has 0 saturated heterocycles. The molecule has 1 atom stereocenters. The van der Waals surface area contributed by atoms with Crippen molar-refractivity contribution in [3.05, 3.63) is 33.8 Å². The average molecular weight is 269 g/mol. The summed E-state index contributed by atoms with van der Waals surface area (Å²) < 4.78 is 0.852. The van der Waals surface area contributed by atoms with Gasteiger partial charge in [0.2, 0.25) is 0 Å². The molecule has 0 radical (unpaired) electrons. The molecule has 1 aromatic rings. The van der Waals surface area contributed by atoms with Gasteiger partial charge in [-0.2, -0.15) is 0 Å². The fourth-order valence-corrected chi connectivity index (χ4v) is 2.27. The van der Waals surface area contributed by atoms with E-state index in [1.165, 1.54) is 0 Å². The van der Waals surface area contributed by atoms with Crippen LogP contribution >= 0.6 is 15.9 Å². The highest BCUT2D eigenvalue weighted by Crippen LogP contribution is 2.30. The van der Waals surface area contributed by atoms with Gasteiger partial charge >= 0.3 is 5.97 Å². The highest BCUT2D eigenvalue weighted by Gasteiger charge is 2.31. The predicted molar refractivity (Wildman–Crippen MR) is 57.9 cm³/mol. The van der Waals surface area contributed by atoms with Gasteiger partial charge in [-0.25, -0.2) is 0 Å². The molecule has 0 aromatic heterocycles. The Bertz CT molecular complexity index is 439. The zero-order chi connectivity index (χ0) is 11.0. The molecule has 0 spiro atoms. The minimum Gasteiger partial charge on any atom is -0.481 e. The van der Waals surface area contributed by atoms with Crippen molar-refractivity contribution < 1.29 is 14.7 Å². The molecule has 1 aromatic carbocycles. The molecule has 15 heavy (non-hydrogen) atoms. The van der Waals surface area contributed by atoms with E-state index in [1.807, 2.05) is 12.1 Å². The van der Waals surface area contributed by atoms with Crippen molar-refractivity contribution in [2.45, 2.75) is 12.8 Å². The number of Topliss-reactive ketones (excluding diaryl/α,β-unsaturated/α-hetero) is 1. The lowest BCUT2D eigenvalue weighted by molar-refractivity contribution is -0.137. The number of ketones is 1. The van der Waals surface area contributed by atoms with Crippen LogP contribution in [-0.4, -0.2) is 16.9 Å². The Morgan fingerprint density at radius 3 is 2.93 bits per heavy atom. The van der Waals surface area contributed by atoms with Gasteiger partial charge in [-0.05, 0) is 24.1 Å². The lowest BCUT2D eigenvalue weighted by Crippen LogP contribution is -2.13. The molecule has 0 aliphatic heterocycles. The zero-order valence-electron chi connectivity index (χ0n) is 7.87. The largest absolute Gasteiger partial charge is 0.481 e. The Hall–Kier alpha value is -1.16. The molecule has 1 aliphatic rings. The molecule has 0 heterocycles. The topological polar surface area (TPSA) is 54.4 Å². The van der Waals surface area contributed by atoms with Gasteiger partial charge < -0.3 is 5.11 Å².